The van der Waals surface area contributed by atoms with Crippen molar-refractivity contribution in [3.63, 3.8) is 0 Å². The molecule has 11 aromatic carbocycles. The Bertz CT molecular complexity index is 4160. The van der Waals surface area contributed by atoms with Crippen LogP contribution < -0.4 is 0 Å². The van der Waals surface area contributed by atoms with Crippen LogP contribution >= 0.6 is 11.3 Å². The number of fused-ring (bicyclic) bond motifs is 6. The molecule has 0 saturated heterocycles. The highest BCUT2D eigenvalue weighted by molar-refractivity contribution is 7.26. The van der Waals surface area contributed by atoms with E-state index >= 15 is 0 Å². The van der Waals surface area contributed by atoms with Crippen molar-refractivity contribution >= 4 is 31.5 Å². The Morgan fingerprint density at radius 2 is 0.693 bits per heavy atom. The van der Waals surface area contributed by atoms with Crippen LogP contribution in [0, 0.1) is 0 Å². The number of thiophene rings is 1. The van der Waals surface area contributed by atoms with E-state index in [2.05, 4.69) is 267 Å². The summed E-state index contributed by atoms with van der Waals surface area (Å²) in [6.07, 6.45) is 0.947. The molecule has 0 N–H and O–H groups in total. The Morgan fingerprint density at radius 1 is 0.280 bits per heavy atom. The number of nitrogens with zero attached hydrogens (tertiary/aromatic N) is 3. The third kappa shape index (κ3) is 8.32. The normalized spacial score (nSPS) is 12.9. The Hall–Kier alpha value is -9.35. The van der Waals surface area contributed by atoms with Crippen LogP contribution in [0.2, 0.25) is 0 Å². The molecule has 3 nitrogen and oxygen atoms in total. The Balaban J connectivity index is 0.911. The van der Waals surface area contributed by atoms with Crippen LogP contribution in [0.5, 0.6) is 0 Å². The Labute approximate surface area is 440 Å². The summed E-state index contributed by atoms with van der Waals surface area (Å²) in [6, 6.07) is 96.4. The minimum atomic E-state index is 0.245. The highest BCUT2D eigenvalue weighted by Crippen LogP contribution is 2.48. The summed E-state index contributed by atoms with van der Waals surface area (Å²) in [5, 5.41) is 2.40. The minimum Gasteiger partial charge on any atom is -0.208 e. The molecule has 4 heteroatoms. The standard InChI is InChI=1S/C71H47N3S/c1-5-18-46(19-6-1)50-26-13-29-53(40-50)54-36-37-56-44-64(49-24-11-4-12-25-49)60-39-38-55(45-66(60)65(56)43-54)59-32-16-33-61-62-34-17-35-63(68(62)75-67(59)61)71-73-69(57-30-14-27-51(41-57)47-20-7-2-8-21-47)72-70(74-71)58-31-15-28-52(42-58)48-22-9-3-10-23-48/h1-43,45,64H,44H2. The Kier molecular flexibility index (Phi) is 11.2. The molecule has 1 aliphatic carbocycles. The molecule has 1 aliphatic rings. The first-order valence-corrected chi connectivity index (χ1v) is 26.5. The molecule has 1 unspecified atom stereocenters. The second kappa shape index (κ2) is 18.9. The lowest BCUT2D eigenvalue weighted by Gasteiger charge is -2.29. The quantitative estimate of drug-likeness (QED) is 0.145. The fourth-order valence-corrected chi connectivity index (χ4v) is 12.5. The zero-order chi connectivity index (χ0) is 49.7. The van der Waals surface area contributed by atoms with Crippen LogP contribution in [0.4, 0.5) is 0 Å². The van der Waals surface area contributed by atoms with Crippen LogP contribution in [0.1, 0.15) is 22.6 Å². The van der Waals surface area contributed by atoms with E-state index in [9.17, 15) is 0 Å². The molecular weight excluding hydrogens is 927 g/mol. The molecule has 1 atom stereocenters. The summed E-state index contributed by atoms with van der Waals surface area (Å²) in [5.74, 6) is 2.15. The third-order valence-corrected chi connectivity index (χ3v) is 16.2. The maximum absolute atomic E-state index is 5.35. The summed E-state index contributed by atoms with van der Waals surface area (Å²) >= 11 is 1.83. The van der Waals surface area contributed by atoms with Gasteiger partial charge in [0.2, 0.25) is 0 Å². The molecule has 2 aromatic heterocycles. The summed E-state index contributed by atoms with van der Waals surface area (Å²) in [4.78, 5) is 15.9. The summed E-state index contributed by atoms with van der Waals surface area (Å²) < 4.78 is 2.39. The van der Waals surface area contributed by atoms with E-state index in [1.165, 1.54) is 76.7 Å². The van der Waals surface area contributed by atoms with Crippen molar-refractivity contribution in [2.45, 2.75) is 12.3 Å². The van der Waals surface area contributed by atoms with Crippen molar-refractivity contribution in [2.24, 2.45) is 0 Å². The summed E-state index contributed by atoms with van der Waals surface area (Å²) in [7, 11) is 0. The van der Waals surface area contributed by atoms with Crippen LogP contribution in [0.3, 0.4) is 0 Å². The topological polar surface area (TPSA) is 38.7 Å². The van der Waals surface area contributed by atoms with Gasteiger partial charge in [0.05, 0.1) is 0 Å². The Morgan fingerprint density at radius 3 is 1.27 bits per heavy atom. The first-order valence-electron chi connectivity index (χ1n) is 25.7. The van der Waals surface area contributed by atoms with E-state index < -0.39 is 0 Å². The molecule has 0 spiro atoms. The van der Waals surface area contributed by atoms with Crippen molar-refractivity contribution in [1.82, 2.24) is 15.0 Å². The predicted octanol–water partition coefficient (Wildman–Crippen LogP) is 18.9. The van der Waals surface area contributed by atoms with Gasteiger partial charge in [-0.15, -0.1) is 11.3 Å². The van der Waals surface area contributed by atoms with E-state index in [-0.39, 0.29) is 5.92 Å². The zero-order valence-corrected chi connectivity index (χ0v) is 41.8. The molecule has 75 heavy (non-hydrogen) atoms. The number of hydrogen-bond acceptors (Lipinski definition) is 4. The maximum atomic E-state index is 5.35. The molecule has 2 heterocycles. The third-order valence-electron chi connectivity index (χ3n) is 14.9. The van der Waals surface area contributed by atoms with Crippen LogP contribution in [0.25, 0.3) is 121 Å². The summed E-state index contributed by atoms with van der Waals surface area (Å²) in [5.41, 5.74) is 21.3. The van der Waals surface area contributed by atoms with Gasteiger partial charge in [-0.1, -0.05) is 231 Å². The highest BCUT2D eigenvalue weighted by atomic mass is 32.1. The second-order valence-electron chi connectivity index (χ2n) is 19.5. The first-order chi connectivity index (χ1) is 37.1. The van der Waals surface area contributed by atoms with Gasteiger partial charge >= 0.3 is 0 Å². The van der Waals surface area contributed by atoms with Crippen molar-refractivity contribution in [3.8, 4) is 101 Å². The van der Waals surface area contributed by atoms with Gasteiger partial charge in [0.15, 0.2) is 17.5 Å². The van der Waals surface area contributed by atoms with E-state index in [1.807, 2.05) is 11.3 Å². The maximum Gasteiger partial charge on any atom is 0.165 e. The molecule has 0 fully saturated rings. The van der Waals surface area contributed by atoms with Crippen molar-refractivity contribution < 1.29 is 0 Å². The largest absolute Gasteiger partial charge is 0.208 e. The van der Waals surface area contributed by atoms with Gasteiger partial charge < -0.3 is 0 Å². The van der Waals surface area contributed by atoms with Gasteiger partial charge in [-0.25, -0.2) is 15.0 Å². The second-order valence-corrected chi connectivity index (χ2v) is 20.5. The smallest absolute Gasteiger partial charge is 0.165 e. The zero-order valence-electron chi connectivity index (χ0n) is 40.9. The lowest BCUT2D eigenvalue weighted by molar-refractivity contribution is 0.794. The fourth-order valence-electron chi connectivity index (χ4n) is 11.2. The molecule has 352 valence electrons. The predicted molar refractivity (Wildman–Crippen MR) is 314 cm³/mol. The van der Waals surface area contributed by atoms with Gasteiger partial charge in [-0.3, -0.25) is 0 Å². The molecule has 13 aromatic rings. The number of aromatic nitrogens is 3. The van der Waals surface area contributed by atoms with Crippen molar-refractivity contribution in [2.75, 3.05) is 0 Å². The number of hydrogen-bond donors (Lipinski definition) is 0. The van der Waals surface area contributed by atoms with Crippen molar-refractivity contribution in [3.05, 3.63) is 284 Å². The number of rotatable bonds is 9. The van der Waals surface area contributed by atoms with Gasteiger partial charge in [0.25, 0.3) is 0 Å². The lowest BCUT2D eigenvalue weighted by Crippen LogP contribution is -2.13. The lowest BCUT2D eigenvalue weighted by atomic mass is 9.74. The van der Waals surface area contributed by atoms with Crippen molar-refractivity contribution in [1.29, 1.82) is 0 Å². The van der Waals surface area contributed by atoms with Crippen LogP contribution in [-0.2, 0) is 6.42 Å². The molecule has 0 bridgehead atoms. The van der Waals surface area contributed by atoms with E-state index in [4.69, 9.17) is 15.0 Å². The molecule has 0 aliphatic heterocycles. The van der Waals surface area contributed by atoms with E-state index in [0.717, 1.165) is 50.1 Å². The SMILES string of the molecule is c1ccc(-c2cccc(-c3ccc4c(c3)-c3cc(-c5cccc6c5sc5c(-c7nc(-c8cccc(-c9ccccc9)c8)nc(-c8cccc(-c9ccccc9)c8)n7)cccc56)ccc3C(c3ccccc3)C4)c2)cc1. The van der Waals surface area contributed by atoms with Crippen LogP contribution in [0.15, 0.2) is 267 Å². The van der Waals surface area contributed by atoms with Gasteiger partial charge in [0.1, 0.15) is 0 Å². The van der Waals surface area contributed by atoms with Gasteiger partial charge in [-0.05, 0) is 126 Å². The fraction of sp³-hybridized carbons (Fsp3) is 0.0282. The monoisotopic (exact) mass is 973 g/mol. The van der Waals surface area contributed by atoms with Gasteiger partial charge in [-0.2, -0.15) is 0 Å². The van der Waals surface area contributed by atoms with E-state index in [1.54, 1.807) is 0 Å². The molecular formula is C71H47N3S. The molecule has 0 radical (unpaired) electrons. The molecule has 0 saturated carbocycles. The highest BCUT2D eigenvalue weighted by Gasteiger charge is 2.28. The number of benzene rings is 11. The first kappa shape index (κ1) is 44.4. The van der Waals surface area contributed by atoms with E-state index in [0.29, 0.717) is 17.5 Å². The van der Waals surface area contributed by atoms with Crippen LogP contribution in [-0.4, -0.2) is 15.0 Å². The molecule has 0 amide bonds. The average molecular weight is 974 g/mol. The average Bonchev–Trinajstić information content (AvgIpc) is 3.91. The summed E-state index contributed by atoms with van der Waals surface area (Å²) in [6.45, 7) is 0. The minimum absolute atomic E-state index is 0.245. The molecule has 14 rings (SSSR count). The van der Waals surface area contributed by atoms with Gasteiger partial charge in [0, 0.05) is 42.8 Å².